The van der Waals surface area contributed by atoms with Crippen LogP contribution in [-0.4, -0.2) is 37.9 Å². The van der Waals surface area contributed by atoms with Crippen LogP contribution in [0.15, 0.2) is 0 Å². The molecule has 0 heterocycles. The van der Waals surface area contributed by atoms with Gasteiger partial charge in [-0.05, 0) is 65.3 Å². The minimum atomic E-state index is -0.597. The van der Waals surface area contributed by atoms with Gasteiger partial charge in [0.15, 0.2) is 0 Å². The normalized spacial score (nSPS) is 26.0. The number of likely N-dealkylation sites (N-methyl/N-ethyl adjacent to an activating group) is 1. The van der Waals surface area contributed by atoms with Gasteiger partial charge in [-0.3, -0.25) is 4.79 Å². The Kier molecular flexibility index (Phi) is 7.52. The van der Waals surface area contributed by atoms with Crippen molar-refractivity contribution in [1.29, 1.82) is 0 Å². The Labute approximate surface area is 123 Å². The van der Waals surface area contributed by atoms with E-state index in [4.69, 9.17) is 9.47 Å². The maximum atomic E-state index is 11.9. The molecule has 0 saturated heterocycles. The third-order valence-electron chi connectivity index (χ3n) is 4.42. The number of carbonyl (C=O) groups is 1. The second kappa shape index (κ2) is 8.63. The third kappa shape index (κ3) is 5.41. The molecule has 0 radical (unpaired) electrons. The Hall–Kier alpha value is -0.610. The second-order valence-corrected chi connectivity index (χ2v) is 6.16. The minimum Gasteiger partial charge on any atom is -0.465 e. The van der Waals surface area contributed by atoms with Gasteiger partial charge in [0.05, 0.1) is 12.7 Å². The van der Waals surface area contributed by atoms with Crippen molar-refractivity contribution in [2.45, 2.75) is 70.9 Å². The highest BCUT2D eigenvalue weighted by Gasteiger charge is 2.32. The lowest BCUT2D eigenvalue weighted by atomic mass is 9.89. The van der Waals surface area contributed by atoms with E-state index >= 15 is 0 Å². The van der Waals surface area contributed by atoms with Gasteiger partial charge in [0.2, 0.25) is 0 Å². The summed E-state index contributed by atoms with van der Waals surface area (Å²) >= 11 is 0. The zero-order valence-corrected chi connectivity index (χ0v) is 13.5. The molecule has 1 aliphatic carbocycles. The summed E-state index contributed by atoms with van der Waals surface area (Å²) in [4.78, 5) is 11.9. The fourth-order valence-corrected chi connectivity index (χ4v) is 2.69. The summed E-state index contributed by atoms with van der Waals surface area (Å²) in [6.07, 6.45) is 6.97. The van der Waals surface area contributed by atoms with Gasteiger partial charge in [-0.1, -0.05) is 6.92 Å². The van der Waals surface area contributed by atoms with Gasteiger partial charge in [-0.2, -0.15) is 0 Å². The molecule has 1 fully saturated rings. The maximum Gasteiger partial charge on any atom is 0.326 e. The van der Waals surface area contributed by atoms with Crippen molar-refractivity contribution < 1.29 is 14.3 Å². The van der Waals surface area contributed by atoms with Crippen LogP contribution in [0.5, 0.6) is 0 Å². The Balaban J connectivity index is 2.22. The molecule has 0 aromatic heterocycles. The highest BCUT2D eigenvalue weighted by molar-refractivity contribution is 5.80. The number of esters is 1. The predicted octanol–water partition coefficient (Wildman–Crippen LogP) is 2.90. The molecule has 1 atom stereocenters. The second-order valence-electron chi connectivity index (χ2n) is 6.16. The lowest BCUT2D eigenvalue weighted by Crippen LogP contribution is -2.48. The monoisotopic (exact) mass is 285 g/mol. The van der Waals surface area contributed by atoms with E-state index in [2.05, 4.69) is 12.2 Å². The molecule has 0 bridgehead atoms. The first-order valence-electron chi connectivity index (χ1n) is 7.99. The molecule has 20 heavy (non-hydrogen) atoms. The van der Waals surface area contributed by atoms with Crippen molar-refractivity contribution in [3.05, 3.63) is 0 Å². The number of rotatable bonds is 8. The van der Waals surface area contributed by atoms with Crippen molar-refractivity contribution in [2.75, 3.05) is 20.3 Å². The number of nitrogens with one attached hydrogen (secondary N) is 1. The van der Waals surface area contributed by atoms with Crippen LogP contribution < -0.4 is 5.32 Å². The summed E-state index contributed by atoms with van der Waals surface area (Å²) < 4.78 is 11.0. The molecule has 0 amide bonds. The number of hydrogen-bond donors (Lipinski definition) is 1. The number of ether oxygens (including phenoxy) is 2. The zero-order chi connectivity index (χ0) is 15.0. The van der Waals surface area contributed by atoms with E-state index < -0.39 is 5.54 Å². The van der Waals surface area contributed by atoms with Crippen LogP contribution in [0.25, 0.3) is 0 Å². The molecule has 0 aromatic carbocycles. The van der Waals surface area contributed by atoms with E-state index in [0.717, 1.165) is 25.4 Å². The lowest BCUT2D eigenvalue weighted by molar-refractivity contribution is -0.150. The summed E-state index contributed by atoms with van der Waals surface area (Å²) in [5, 5.41) is 3.08. The van der Waals surface area contributed by atoms with E-state index in [1.165, 1.54) is 25.7 Å². The molecule has 0 aliphatic heterocycles. The molecule has 0 spiro atoms. The van der Waals surface area contributed by atoms with Crippen LogP contribution in [0.1, 0.15) is 59.3 Å². The summed E-state index contributed by atoms with van der Waals surface area (Å²) in [5.41, 5.74) is -0.597. The van der Waals surface area contributed by atoms with Gasteiger partial charge >= 0.3 is 5.97 Å². The van der Waals surface area contributed by atoms with Gasteiger partial charge in [0.1, 0.15) is 5.54 Å². The molecule has 1 unspecified atom stereocenters. The molecule has 1 aliphatic rings. The summed E-state index contributed by atoms with van der Waals surface area (Å²) in [6.45, 7) is 7.20. The van der Waals surface area contributed by atoms with E-state index in [1.807, 2.05) is 13.8 Å². The van der Waals surface area contributed by atoms with Gasteiger partial charge < -0.3 is 14.8 Å². The number of hydrogen-bond acceptors (Lipinski definition) is 4. The Bertz CT molecular complexity index is 287. The molecule has 1 saturated carbocycles. The van der Waals surface area contributed by atoms with Crippen molar-refractivity contribution in [3.63, 3.8) is 0 Å². The van der Waals surface area contributed by atoms with Crippen molar-refractivity contribution in [1.82, 2.24) is 5.32 Å². The Morgan fingerprint density at radius 1 is 1.30 bits per heavy atom. The first-order valence-corrected chi connectivity index (χ1v) is 7.99. The average Bonchev–Trinajstić information content (AvgIpc) is 2.45. The van der Waals surface area contributed by atoms with Crippen LogP contribution in [0.4, 0.5) is 0 Å². The molecule has 1 rings (SSSR count). The lowest BCUT2D eigenvalue weighted by Gasteiger charge is -2.28. The summed E-state index contributed by atoms with van der Waals surface area (Å²) in [6, 6.07) is 0. The highest BCUT2D eigenvalue weighted by atomic mass is 16.5. The van der Waals surface area contributed by atoms with E-state index in [1.54, 1.807) is 7.05 Å². The largest absolute Gasteiger partial charge is 0.465 e. The summed E-state index contributed by atoms with van der Waals surface area (Å²) in [7, 11) is 1.81. The van der Waals surface area contributed by atoms with Crippen molar-refractivity contribution in [3.8, 4) is 0 Å². The highest BCUT2D eigenvalue weighted by Crippen LogP contribution is 2.25. The Morgan fingerprint density at radius 3 is 2.50 bits per heavy atom. The third-order valence-corrected chi connectivity index (χ3v) is 4.42. The van der Waals surface area contributed by atoms with Gasteiger partial charge in [-0.25, -0.2) is 0 Å². The van der Waals surface area contributed by atoms with Crippen LogP contribution in [0.3, 0.4) is 0 Å². The fraction of sp³-hybridized carbons (Fsp3) is 0.938. The predicted molar refractivity (Wildman–Crippen MR) is 80.7 cm³/mol. The maximum absolute atomic E-state index is 11.9. The van der Waals surface area contributed by atoms with Gasteiger partial charge in [0, 0.05) is 6.61 Å². The smallest absolute Gasteiger partial charge is 0.326 e. The Morgan fingerprint density at radius 2 is 1.95 bits per heavy atom. The van der Waals surface area contributed by atoms with Crippen molar-refractivity contribution in [2.24, 2.45) is 5.92 Å². The molecule has 4 heteroatoms. The zero-order valence-electron chi connectivity index (χ0n) is 13.5. The van der Waals surface area contributed by atoms with Gasteiger partial charge in [0.25, 0.3) is 0 Å². The first-order chi connectivity index (χ1) is 9.51. The fourth-order valence-electron chi connectivity index (χ4n) is 2.69. The van der Waals surface area contributed by atoms with Crippen LogP contribution in [0.2, 0.25) is 0 Å². The quantitative estimate of drug-likeness (QED) is 0.550. The standard InChI is InChI=1S/C16H31NO3/c1-5-19-15(18)16(3,17-4)11-6-12-20-14-9-7-13(2)8-10-14/h13-14,17H,5-12H2,1-4H3. The van der Waals surface area contributed by atoms with Crippen LogP contribution >= 0.6 is 0 Å². The molecular formula is C16H31NO3. The van der Waals surface area contributed by atoms with Crippen LogP contribution in [0, 0.1) is 5.92 Å². The van der Waals surface area contributed by atoms with Gasteiger partial charge in [-0.15, -0.1) is 0 Å². The molecular weight excluding hydrogens is 254 g/mol. The van der Waals surface area contributed by atoms with Crippen molar-refractivity contribution >= 4 is 5.97 Å². The molecule has 1 N–H and O–H groups in total. The van der Waals surface area contributed by atoms with E-state index in [9.17, 15) is 4.79 Å². The molecule has 0 aromatic rings. The molecule has 4 nitrogen and oxygen atoms in total. The molecule has 118 valence electrons. The first kappa shape index (κ1) is 17.4. The topological polar surface area (TPSA) is 47.6 Å². The minimum absolute atomic E-state index is 0.172. The van der Waals surface area contributed by atoms with E-state index in [0.29, 0.717) is 12.7 Å². The summed E-state index contributed by atoms with van der Waals surface area (Å²) in [5.74, 6) is 0.681. The van der Waals surface area contributed by atoms with E-state index in [-0.39, 0.29) is 5.97 Å². The average molecular weight is 285 g/mol. The van der Waals surface area contributed by atoms with Crippen LogP contribution in [-0.2, 0) is 14.3 Å². The number of carbonyl (C=O) groups excluding carboxylic acids is 1. The SMILES string of the molecule is CCOC(=O)C(C)(CCCOC1CCC(C)CC1)NC.